The third kappa shape index (κ3) is 2.01. The number of phenols is 1. The maximum Gasteiger partial charge on any atom is 0.165 e. The SMILES string of the molecule is COc1cc2c3c(c1)-c1c(ccc(OC)c1O)CC3N(C)CC2. The predicted octanol–water partition coefficient (Wildman–Crippen LogP) is 3.16. The van der Waals surface area contributed by atoms with Crippen LogP contribution in [0.4, 0.5) is 0 Å². The Morgan fingerprint density at radius 1 is 1.13 bits per heavy atom. The lowest BCUT2D eigenvalue weighted by atomic mass is 9.76. The minimum absolute atomic E-state index is 0.229. The molecule has 0 radical (unpaired) electrons. The Morgan fingerprint density at radius 2 is 1.96 bits per heavy atom. The Hall–Kier alpha value is -2.20. The third-order valence-corrected chi connectivity index (χ3v) is 5.20. The summed E-state index contributed by atoms with van der Waals surface area (Å²) < 4.78 is 10.8. The second kappa shape index (κ2) is 5.17. The van der Waals surface area contributed by atoms with E-state index in [-0.39, 0.29) is 5.75 Å². The Labute approximate surface area is 136 Å². The Kier molecular flexibility index (Phi) is 3.23. The van der Waals surface area contributed by atoms with Crippen molar-refractivity contribution in [3.05, 3.63) is 41.0 Å². The van der Waals surface area contributed by atoms with Crippen LogP contribution in [0.25, 0.3) is 11.1 Å². The van der Waals surface area contributed by atoms with Crippen molar-refractivity contribution in [2.45, 2.75) is 18.9 Å². The van der Waals surface area contributed by atoms with E-state index < -0.39 is 0 Å². The van der Waals surface area contributed by atoms with Crippen molar-refractivity contribution in [1.29, 1.82) is 0 Å². The van der Waals surface area contributed by atoms with Crippen LogP contribution in [0.2, 0.25) is 0 Å². The van der Waals surface area contributed by atoms with E-state index in [1.807, 2.05) is 12.1 Å². The van der Waals surface area contributed by atoms with Crippen LogP contribution in [0.3, 0.4) is 0 Å². The van der Waals surface area contributed by atoms with Crippen LogP contribution in [-0.4, -0.2) is 37.8 Å². The Balaban J connectivity index is 2.04. The maximum atomic E-state index is 10.7. The minimum Gasteiger partial charge on any atom is -0.504 e. The molecule has 2 aromatic carbocycles. The quantitative estimate of drug-likeness (QED) is 0.925. The molecule has 0 spiro atoms. The zero-order valence-corrected chi connectivity index (χ0v) is 13.7. The molecular weight excluding hydrogens is 290 g/mol. The first-order valence-corrected chi connectivity index (χ1v) is 7.94. The van der Waals surface area contributed by atoms with Gasteiger partial charge in [-0.05, 0) is 60.3 Å². The Bertz CT molecular complexity index is 785. The molecule has 1 unspecified atom stereocenters. The van der Waals surface area contributed by atoms with Crippen molar-refractivity contribution in [3.8, 4) is 28.4 Å². The lowest BCUT2D eigenvalue weighted by Gasteiger charge is -2.40. The van der Waals surface area contributed by atoms with E-state index >= 15 is 0 Å². The van der Waals surface area contributed by atoms with Gasteiger partial charge in [0, 0.05) is 18.2 Å². The van der Waals surface area contributed by atoms with Crippen LogP contribution in [-0.2, 0) is 12.8 Å². The summed E-state index contributed by atoms with van der Waals surface area (Å²) in [5.41, 5.74) is 5.79. The summed E-state index contributed by atoms with van der Waals surface area (Å²) in [5.74, 6) is 1.59. The highest BCUT2D eigenvalue weighted by Crippen LogP contribution is 2.51. The summed E-state index contributed by atoms with van der Waals surface area (Å²) in [6.07, 6.45) is 1.92. The molecule has 0 saturated heterocycles. The number of ether oxygens (including phenoxy) is 2. The number of rotatable bonds is 2. The van der Waals surface area contributed by atoms with Crippen molar-refractivity contribution in [2.24, 2.45) is 0 Å². The third-order valence-electron chi connectivity index (χ3n) is 5.20. The topological polar surface area (TPSA) is 41.9 Å². The smallest absolute Gasteiger partial charge is 0.165 e. The molecule has 23 heavy (non-hydrogen) atoms. The highest BCUT2D eigenvalue weighted by molar-refractivity contribution is 5.83. The van der Waals surface area contributed by atoms with E-state index in [1.54, 1.807) is 14.2 Å². The highest BCUT2D eigenvalue weighted by atomic mass is 16.5. The lowest BCUT2D eigenvalue weighted by molar-refractivity contribution is 0.227. The molecule has 0 bridgehead atoms. The second-order valence-corrected chi connectivity index (χ2v) is 6.35. The molecule has 0 aromatic heterocycles. The van der Waals surface area contributed by atoms with Crippen molar-refractivity contribution in [1.82, 2.24) is 4.90 Å². The minimum atomic E-state index is 0.229. The zero-order chi connectivity index (χ0) is 16.1. The van der Waals surface area contributed by atoms with Crippen molar-refractivity contribution >= 4 is 0 Å². The van der Waals surface area contributed by atoms with E-state index in [1.165, 1.54) is 11.1 Å². The predicted molar refractivity (Wildman–Crippen MR) is 89.4 cm³/mol. The van der Waals surface area contributed by atoms with Crippen LogP contribution >= 0.6 is 0 Å². The number of hydrogen-bond acceptors (Lipinski definition) is 4. The van der Waals surface area contributed by atoms with Gasteiger partial charge in [-0.3, -0.25) is 4.90 Å². The van der Waals surface area contributed by atoms with Crippen LogP contribution in [0.15, 0.2) is 24.3 Å². The molecule has 4 rings (SSSR count). The zero-order valence-electron chi connectivity index (χ0n) is 13.7. The van der Waals surface area contributed by atoms with Gasteiger partial charge in [-0.15, -0.1) is 0 Å². The molecule has 1 heterocycles. The van der Waals surface area contributed by atoms with Gasteiger partial charge < -0.3 is 14.6 Å². The number of nitrogens with zero attached hydrogens (tertiary/aromatic N) is 1. The summed E-state index contributed by atoms with van der Waals surface area (Å²) >= 11 is 0. The molecule has 1 atom stereocenters. The van der Waals surface area contributed by atoms with Crippen LogP contribution in [0, 0.1) is 0 Å². The van der Waals surface area contributed by atoms with Crippen molar-refractivity contribution in [3.63, 3.8) is 0 Å². The van der Waals surface area contributed by atoms with Gasteiger partial charge >= 0.3 is 0 Å². The molecule has 1 aliphatic carbocycles. The fourth-order valence-corrected chi connectivity index (χ4v) is 4.00. The first-order valence-electron chi connectivity index (χ1n) is 7.94. The van der Waals surface area contributed by atoms with Crippen molar-refractivity contribution in [2.75, 3.05) is 27.8 Å². The van der Waals surface area contributed by atoms with E-state index in [9.17, 15) is 5.11 Å². The molecule has 1 N–H and O–H groups in total. The average molecular weight is 311 g/mol. The number of fused-ring (bicyclic) bond motifs is 2. The number of phenolic OH excluding ortho intramolecular Hbond substituents is 1. The number of aromatic hydroxyl groups is 1. The van der Waals surface area contributed by atoms with E-state index in [4.69, 9.17) is 9.47 Å². The van der Waals surface area contributed by atoms with Gasteiger partial charge in [0.15, 0.2) is 11.5 Å². The average Bonchev–Trinajstić information content (AvgIpc) is 2.57. The summed E-state index contributed by atoms with van der Waals surface area (Å²) in [6, 6.07) is 8.46. The van der Waals surface area contributed by atoms with E-state index in [0.29, 0.717) is 11.8 Å². The second-order valence-electron chi connectivity index (χ2n) is 6.35. The largest absolute Gasteiger partial charge is 0.504 e. The molecule has 0 fully saturated rings. The fraction of sp³-hybridized carbons (Fsp3) is 0.368. The normalized spacial score (nSPS) is 19.0. The number of benzene rings is 2. The first kappa shape index (κ1) is 14.4. The van der Waals surface area contributed by atoms with E-state index in [0.717, 1.165) is 41.8 Å². The summed E-state index contributed by atoms with van der Waals surface area (Å²) in [5, 5.41) is 10.7. The van der Waals surface area contributed by atoms with Crippen molar-refractivity contribution < 1.29 is 14.6 Å². The molecular formula is C19H21NO3. The summed E-state index contributed by atoms with van der Waals surface area (Å²) in [4.78, 5) is 2.41. The maximum absolute atomic E-state index is 10.7. The van der Waals surface area contributed by atoms with Crippen LogP contribution < -0.4 is 9.47 Å². The first-order chi connectivity index (χ1) is 11.1. The Morgan fingerprint density at radius 3 is 2.70 bits per heavy atom. The highest BCUT2D eigenvalue weighted by Gasteiger charge is 2.35. The van der Waals surface area contributed by atoms with Crippen LogP contribution in [0.5, 0.6) is 17.2 Å². The number of likely N-dealkylation sites (N-methyl/N-ethyl adjacent to an activating group) is 1. The van der Waals surface area contributed by atoms with E-state index in [2.05, 4.69) is 24.1 Å². The number of hydrogen-bond donors (Lipinski definition) is 1. The molecule has 0 saturated carbocycles. The van der Waals surface area contributed by atoms with Gasteiger partial charge in [0.1, 0.15) is 5.75 Å². The monoisotopic (exact) mass is 311 g/mol. The fourth-order valence-electron chi connectivity index (χ4n) is 4.00. The summed E-state index contributed by atoms with van der Waals surface area (Å²) in [7, 11) is 5.45. The molecule has 4 nitrogen and oxygen atoms in total. The molecule has 2 aliphatic rings. The van der Waals surface area contributed by atoms with Gasteiger partial charge in [-0.2, -0.15) is 0 Å². The molecule has 4 heteroatoms. The van der Waals surface area contributed by atoms with Gasteiger partial charge in [-0.25, -0.2) is 0 Å². The van der Waals surface area contributed by atoms with Crippen LogP contribution in [0.1, 0.15) is 22.7 Å². The summed E-state index contributed by atoms with van der Waals surface area (Å²) in [6.45, 7) is 1.04. The molecule has 120 valence electrons. The molecule has 1 aliphatic heterocycles. The molecule has 0 amide bonds. The standard InChI is InChI=1S/C19H21NO3/c1-20-7-6-12-8-13(22-2)10-14-17(12)15(20)9-11-4-5-16(23-3)19(21)18(11)14/h4-5,8,10,15,21H,6-7,9H2,1-3H3. The molecule has 2 aromatic rings. The van der Waals surface area contributed by atoms with Gasteiger partial charge in [0.2, 0.25) is 0 Å². The number of methoxy groups -OCH3 is 2. The van der Waals surface area contributed by atoms with Gasteiger partial charge in [-0.1, -0.05) is 6.07 Å². The lowest BCUT2D eigenvalue weighted by Crippen LogP contribution is -2.35. The van der Waals surface area contributed by atoms with Gasteiger partial charge in [0.05, 0.1) is 14.2 Å². The van der Waals surface area contributed by atoms with Gasteiger partial charge in [0.25, 0.3) is 0 Å².